The normalized spacial score (nSPS) is 18.9. The number of ether oxygens (including phenoxy) is 2. The van der Waals surface area contributed by atoms with Gasteiger partial charge in [-0.3, -0.25) is 0 Å². The average molecular weight is 771 g/mol. The topological polar surface area (TPSA) is 33.7 Å². The second-order valence-corrected chi connectivity index (χ2v) is 25.2. The molecule has 1 fully saturated rings. The average Bonchev–Trinajstić information content (AvgIpc) is 3.65. The minimum atomic E-state index is -1.76. The number of nitrogens with zero attached hydrogens (tertiary/aromatic N) is 1. The molecule has 3 aromatic rings. The second kappa shape index (κ2) is 18.3. The summed E-state index contributed by atoms with van der Waals surface area (Å²) in [5.74, 6) is 4.20. The molecule has 0 heterocycles. The van der Waals surface area contributed by atoms with E-state index < -0.39 is 33.5 Å². The summed E-state index contributed by atoms with van der Waals surface area (Å²) in [5, 5.41) is 3.22. The van der Waals surface area contributed by atoms with Crippen LogP contribution >= 0.6 is 18.6 Å². The molecule has 0 aromatic heterocycles. The number of rotatable bonds is 8. The van der Waals surface area contributed by atoms with Gasteiger partial charge in [-0.2, -0.15) is 0 Å². The summed E-state index contributed by atoms with van der Waals surface area (Å²) in [6.45, 7) is 14.4. The van der Waals surface area contributed by atoms with Gasteiger partial charge in [0.2, 0.25) is 0 Å². The van der Waals surface area contributed by atoms with Crippen molar-refractivity contribution >= 4 is 57.7 Å². The van der Waals surface area contributed by atoms with Crippen LogP contribution in [0.25, 0.3) is 6.08 Å². The van der Waals surface area contributed by atoms with Gasteiger partial charge in [0.15, 0.2) is 16.5 Å². The van der Waals surface area contributed by atoms with E-state index in [0.717, 1.165) is 41.4 Å². The molecule has 3 aliphatic carbocycles. The van der Waals surface area contributed by atoms with Crippen LogP contribution in [0.4, 0.5) is 11.4 Å². The van der Waals surface area contributed by atoms with Crippen molar-refractivity contribution in [1.82, 2.24) is 0 Å². The van der Waals surface area contributed by atoms with Crippen molar-refractivity contribution in [2.24, 2.45) is 17.8 Å². The number of fused-ring (bicyclic) bond motifs is 2. The Labute approximate surface area is 315 Å². The Bertz CT molecular complexity index is 1610. The predicted molar refractivity (Wildman–Crippen MR) is 217 cm³/mol. The summed E-state index contributed by atoms with van der Waals surface area (Å²) in [6.07, 6.45) is 13.3. The Morgan fingerprint density at radius 2 is 1.47 bits per heavy atom. The van der Waals surface area contributed by atoms with Gasteiger partial charge in [0.05, 0.1) is 14.2 Å². The van der Waals surface area contributed by atoms with E-state index >= 15 is 0 Å². The van der Waals surface area contributed by atoms with Gasteiger partial charge in [-0.15, -0.1) is 0 Å². The summed E-state index contributed by atoms with van der Waals surface area (Å²) in [7, 11) is 12.0. The Morgan fingerprint density at radius 3 is 2.06 bits per heavy atom. The van der Waals surface area contributed by atoms with Gasteiger partial charge >= 0.3 is 35.6 Å². The van der Waals surface area contributed by atoms with Crippen LogP contribution in [0.5, 0.6) is 11.5 Å². The number of halogens is 2. The summed E-state index contributed by atoms with van der Waals surface area (Å²) in [6, 6.07) is 23.4. The van der Waals surface area contributed by atoms with Gasteiger partial charge in [0, 0.05) is 11.4 Å². The van der Waals surface area contributed by atoms with Crippen LogP contribution in [0.15, 0.2) is 95.7 Å². The van der Waals surface area contributed by atoms with E-state index in [2.05, 4.69) is 136 Å². The summed E-state index contributed by atoms with van der Waals surface area (Å²) >= 11 is -0.556. The van der Waals surface area contributed by atoms with Crippen molar-refractivity contribution in [3.8, 4) is 11.5 Å². The van der Waals surface area contributed by atoms with Crippen molar-refractivity contribution in [3.05, 3.63) is 114 Å². The molecule has 1 saturated carbocycles. The molecule has 1 N–H and O–H groups in total. The van der Waals surface area contributed by atoms with E-state index in [4.69, 9.17) is 28.1 Å². The molecule has 49 heavy (non-hydrogen) atoms. The first kappa shape index (κ1) is 41.2. The molecular weight excluding hydrogens is 715 g/mol. The molecule has 3 atom stereocenters. The molecule has 0 amide bonds. The van der Waals surface area contributed by atoms with Gasteiger partial charge in [-0.25, -0.2) is 0 Å². The summed E-state index contributed by atoms with van der Waals surface area (Å²) < 4.78 is 13.1. The molecule has 3 aromatic carbocycles. The van der Waals surface area contributed by atoms with Crippen LogP contribution in [0.2, 0.25) is 26.2 Å². The molecule has 264 valence electrons. The quantitative estimate of drug-likeness (QED) is 0.183. The molecule has 6 rings (SSSR count). The second-order valence-electron chi connectivity index (χ2n) is 14.3. The van der Waals surface area contributed by atoms with Crippen LogP contribution in [0.1, 0.15) is 37.8 Å². The monoisotopic (exact) mass is 769 g/mol. The van der Waals surface area contributed by atoms with E-state index in [0.29, 0.717) is 0 Å². The van der Waals surface area contributed by atoms with Gasteiger partial charge in [0.25, 0.3) is 0 Å². The zero-order valence-electron chi connectivity index (χ0n) is 31.0. The van der Waals surface area contributed by atoms with Crippen LogP contribution in [-0.2, 0) is 23.5 Å². The molecule has 0 saturated heterocycles. The molecule has 0 bridgehead atoms. The molecule has 3 unspecified atom stereocenters. The Balaban J connectivity index is 0.000000241. The van der Waals surface area contributed by atoms with Gasteiger partial charge in [-0.05, 0) is 142 Å². The number of benzene rings is 3. The zero-order chi connectivity index (χ0) is 35.1. The van der Waals surface area contributed by atoms with Crippen molar-refractivity contribution in [2.75, 3.05) is 30.8 Å². The van der Waals surface area contributed by atoms with Gasteiger partial charge in [-0.1, -0.05) is 60.2 Å². The van der Waals surface area contributed by atoms with Gasteiger partial charge < -0.3 is 26.4 Å². The minimum absolute atomic E-state index is 0. The third-order valence-corrected chi connectivity index (χ3v) is 16.8. The predicted octanol–water partition coefficient (Wildman–Crippen LogP) is 11.0. The molecule has 9 heteroatoms. The van der Waals surface area contributed by atoms with Crippen LogP contribution < -0.4 is 24.2 Å². The fourth-order valence-corrected chi connectivity index (χ4v) is 13.0. The molecule has 3 aliphatic rings. The van der Waals surface area contributed by atoms with E-state index in [1.165, 1.54) is 40.4 Å². The third-order valence-electron chi connectivity index (χ3n) is 10.2. The Morgan fingerprint density at radius 1 is 0.878 bits per heavy atom. The van der Waals surface area contributed by atoms with Crippen molar-refractivity contribution in [1.29, 1.82) is 0 Å². The SMILES string of the molecule is COc1ccc(N(C)[Si](C)(C)C2=CC=CC3CC(C)CC23)cc1.COc1ccc(N[Si](C)(C)c2cccc3c2CC(C)=C3)cc1.[CH3-].[Cl][Ti][Cl]. The standard InChI is InChI=1S/C20H29NOSi.C19H23NOSi.CH3.2ClH.Ti/c1-15-13-16-7-6-8-20(19(16)14-15)23(4,5)21(2)17-9-11-18(22-3)12-10-17;1-14-12-15-6-5-7-19(18(15)13-14)22(3,4)20-16-8-10-17(21-2)11-9-16;;;;/h6-12,15-16,19H,13-14H2,1-5H3;5-12,20H,13H2,1-4H3;1H3;2*1H;/q;;-1;;;+2/p-2. The summed E-state index contributed by atoms with van der Waals surface area (Å²) in [4.78, 5) is 3.79. The van der Waals surface area contributed by atoms with Gasteiger partial charge in [0.1, 0.15) is 11.5 Å². The van der Waals surface area contributed by atoms with E-state index in [1.54, 1.807) is 19.4 Å². The van der Waals surface area contributed by atoms with Crippen LogP contribution in [0.3, 0.4) is 0 Å². The number of nitrogens with one attached hydrogen (secondary N) is 1. The fraction of sp³-hybridized carbons (Fsp3) is 0.375. The van der Waals surface area contributed by atoms with Crippen molar-refractivity contribution in [2.45, 2.75) is 59.3 Å². The Kier molecular flexibility index (Phi) is 15.4. The third kappa shape index (κ3) is 10.2. The molecule has 4 nitrogen and oxygen atoms in total. The molecule has 0 aliphatic heterocycles. The number of anilines is 2. The maximum absolute atomic E-state index is 5.29. The van der Waals surface area contributed by atoms with Crippen LogP contribution in [0, 0.1) is 25.2 Å². The van der Waals surface area contributed by atoms with Crippen LogP contribution in [-0.4, -0.2) is 37.7 Å². The molecule has 0 spiro atoms. The fourth-order valence-electron chi connectivity index (χ4n) is 7.53. The van der Waals surface area contributed by atoms with E-state index in [-0.39, 0.29) is 7.43 Å². The molecular formula is C40H55Cl2N2O2Si2Ti-. The van der Waals surface area contributed by atoms with Crippen molar-refractivity contribution in [3.63, 3.8) is 0 Å². The zero-order valence-corrected chi connectivity index (χ0v) is 36.1. The number of methoxy groups -OCH3 is 2. The van der Waals surface area contributed by atoms with E-state index in [9.17, 15) is 0 Å². The van der Waals surface area contributed by atoms with E-state index in [1.807, 2.05) is 12.1 Å². The maximum atomic E-state index is 5.29. The summed E-state index contributed by atoms with van der Waals surface area (Å²) in [5.41, 5.74) is 6.82. The first-order chi connectivity index (χ1) is 22.8. The number of hydrogen-bond donors (Lipinski definition) is 1. The molecule has 0 radical (unpaired) electrons. The number of allylic oxidation sites excluding steroid dienone is 5. The Hall–Kier alpha value is -2.19. The first-order valence-corrected chi connectivity index (χ1v) is 27.0. The van der Waals surface area contributed by atoms with Crippen molar-refractivity contribution < 1.29 is 26.5 Å². The number of hydrogen-bond acceptors (Lipinski definition) is 4. The first-order valence-electron chi connectivity index (χ1n) is 16.8.